The van der Waals surface area contributed by atoms with E-state index in [2.05, 4.69) is 16.9 Å². The summed E-state index contributed by atoms with van der Waals surface area (Å²) in [5.74, 6) is -0.905. The van der Waals surface area contributed by atoms with E-state index in [9.17, 15) is 4.79 Å². The zero-order valence-corrected chi connectivity index (χ0v) is 11.2. The molecule has 96 valence electrons. The molecule has 18 heavy (non-hydrogen) atoms. The number of nitrogens with zero attached hydrogens (tertiary/aromatic N) is 3. The minimum atomic E-state index is -0.905. The van der Waals surface area contributed by atoms with Gasteiger partial charge < -0.3 is 9.67 Å². The fourth-order valence-corrected chi connectivity index (χ4v) is 2.80. The number of carbonyl (C=O) groups is 1. The molecule has 0 unspecified atom stereocenters. The van der Waals surface area contributed by atoms with Gasteiger partial charge >= 0.3 is 5.97 Å². The molecule has 5 nitrogen and oxygen atoms in total. The van der Waals surface area contributed by atoms with E-state index in [0.29, 0.717) is 17.0 Å². The molecular formula is C12H15N3O2S. The fraction of sp³-hybridized carbons (Fsp3) is 0.417. The van der Waals surface area contributed by atoms with E-state index in [1.807, 2.05) is 11.5 Å². The maximum Gasteiger partial charge on any atom is 0.347 e. The van der Waals surface area contributed by atoms with Gasteiger partial charge in [-0.1, -0.05) is 13.8 Å². The standard InChI is InChI=1S/C12H15N3O2S/c1-3-5-15-7-13-6-9(15)11-14-8(4-2)10(18-11)12(16)17/h6-7H,3-5H2,1-2H3,(H,16,17). The average molecular weight is 265 g/mol. The first kappa shape index (κ1) is 12.8. The van der Waals surface area contributed by atoms with Crippen LogP contribution >= 0.6 is 11.3 Å². The van der Waals surface area contributed by atoms with Gasteiger partial charge in [0, 0.05) is 6.54 Å². The Morgan fingerprint density at radius 2 is 2.28 bits per heavy atom. The minimum Gasteiger partial charge on any atom is -0.477 e. The molecule has 2 aromatic heterocycles. The minimum absolute atomic E-state index is 0.330. The topological polar surface area (TPSA) is 68.0 Å². The third kappa shape index (κ3) is 2.28. The Balaban J connectivity index is 2.44. The lowest BCUT2D eigenvalue weighted by atomic mass is 10.3. The highest BCUT2D eigenvalue weighted by Gasteiger charge is 2.18. The number of carboxylic acids is 1. The number of imidazole rings is 1. The molecule has 0 spiro atoms. The highest BCUT2D eigenvalue weighted by Crippen LogP contribution is 2.28. The van der Waals surface area contributed by atoms with Crippen molar-refractivity contribution in [2.45, 2.75) is 33.2 Å². The van der Waals surface area contributed by atoms with Crippen molar-refractivity contribution in [1.82, 2.24) is 14.5 Å². The lowest BCUT2D eigenvalue weighted by Crippen LogP contribution is -1.97. The number of aromatic carboxylic acids is 1. The van der Waals surface area contributed by atoms with Crippen molar-refractivity contribution in [2.75, 3.05) is 0 Å². The SMILES string of the molecule is CCCn1cncc1-c1nc(CC)c(C(=O)O)s1. The molecule has 0 aliphatic heterocycles. The smallest absolute Gasteiger partial charge is 0.347 e. The molecule has 0 radical (unpaired) electrons. The Hall–Kier alpha value is -1.69. The van der Waals surface area contributed by atoms with Crippen LogP contribution in [0, 0.1) is 0 Å². The number of hydrogen-bond donors (Lipinski definition) is 1. The van der Waals surface area contributed by atoms with Crippen LogP contribution in [0.1, 0.15) is 35.6 Å². The molecule has 0 saturated carbocycles. The summed E-state index contributed by atoms with van der Waals surface area (Å²) in [4.78, 5) is 20.0. The van der Waals surface area contributed by atoms with Gasteiger partial charge in [0.25, 0.3) is 0 Å². The summed E-state index contributed by atoms with van der Waals surface area (Å²) in [7, 11) is 0. The van der Waals surface area contributed by atoms with E-state index in [1.165, 1.54) is 11.3 Å². The fourth-order valence-electron chi connectivity index (χ4n) is 1.79. The second-order valence-electron chi connectivity index (χ2n) is 3.93. The van der Waals surface area contributed by atoms with E-state index in [-0.39, 0.29) is 0 Å². The van der Waals surface area contributed by atoms with Crippen molar-refractivity contribution in [3.8, 4) is 10.7 Å². The monoisotopic (exact) mass is 265 g/mol. The molecule has 2 aromatic rings. The van der Waals surface area contributed by atoms with Gasteiger partial charge in [0.2, 0.25) is 0 Å². The molecule has 0 aromatic carbocycles. The molecule has 0 amide bonds. The summed E-state index contributed by atoms with van der Waals surface area (Å²) in [6, 6.07) is 0. The van der Waals surface area contributed by atoms with Gasteiger partial charge in [-0.05, 0) is 12.8 Å². The Kier molecular flexibility index (Phi) is 3.76. The van der Waals surface area contributed by atoms with Crippen LogP contribution in [0.25, 0.3) is 10.7 Å². The number of carboxylic acid groups (broad SMARTS) is 1. The third-order valence-corrected chi connectivity index (χ3v) is 3.73. The van der Waals surface area contributed by atoms with Crippen molar-refractivity contribution in [2.24, 2.45) is 0 Å². The molecule has 2 heterocycles. The van der Waals surface area contributed by atoms with Crippen molar-refractivity contribution >= 4 is 17.3 Å². The molecule has 1 N–H and O–H groups in total. The van der Waals surface area contributed by atoms with Crippen LogP contribution in [0.3, 0.4) is 0 Å². The molecule has 0 aliphatic carbocycles. The first-order valence-electron chi connectivity index (χ1n) is 5.90. The van der Waals surface area contributed by atoms with Crippen LogP contribution in [0.4, 0.5) is 0 Å². The highest BCUT2D eigenvalue weighted by atomic mass is 32.1. The van der Waals surface area contributed by atoms with Gasteiger partial charge in [-0.2, -0.15) is 0 Å². The first-order valence-corrected chi connectivity index (χ1v) is 6.72. The van der Waals surface area contributed by atoms with E-state index in [0.717, 1.165) is 23.7 Å². The maximum atomic E-state index is 11.1. The Labute approximate surface area is 109 Å². The van der Waals surface area contributed by atoms with Gasteiger partial charge in [-0.25, -0.2) is 14.8 Å². The van der Waals surface area contributed by atoms with Crippen LogP contribution in [-0.4, -0.2) is 25.6 Å². The van der Waals surface area contributed by atoms with Crippen LogP contribution in [-0.2, 0) is 13.0 Å². The molecule has 0 saturated heterocycles. The first-order chi connectivity index (χ1) is 8.67. The summed E-state index contributed by atoms with van der Waals surface area (Å²) in [6.07, 6.45) is 5.12. The number of aryl methyl sites for hydroxylation is 2. The van der Waals surface area contributed by atoms with Crippen LogP contribution < -0.4 is 0 Å². The zero-order chi connectivity index (χ0) is 13.1. The average Bonchev–Trinajstić information content (AvgIpc) is 2.94. The second-order valence-corrected chi connectivity index (χ2v) is 4.92. The number of thiazole rings is 1. The van der Waals surface area contributed by atoms with Crippen LogP contribution in [0.5, 0.6) is 0 Å². The molecule has 0 aliphatic rings. The Bertz CT molecular complexity index is 559. The summed E-state index contributed by atoms with van der Waals surface area (Å²) < 4.78 is 2.00. The van der Waals surface area contributed by atoms with Gasteiger partial charge in [-0.3, -0.25) is 0 Å². The predicted molar refractivity (Wildman–Crippen MR) is 70.0 cm³/mol. The Morgan fingerprint density at radius 3 is 2.83 bits per heavy atom. The van der Waals surface area contributed by atoms with Gasteiger partial charge in [-0.15, -0.1) is 11.3 Å². The van der Waals surface area contributed by atoms with E-state index in [4.69, 9.17) is 5.11 Å². The largest absolute Gasteiger partial charge is 0.477 e. The lowest BCUT2D eigenvalue weighted by Gasteiger charge is -2.02. The van der Waals surface area contributed by atoms with Crippen molar-refractivity contribution in [3.05, 3.63) is 23.1 Å². The number of hydrogen-bond acceptors (Lipinski definition) is 4. The molecule has 2 rings (SSSR count). The quantitative estimate of drug-likeness (QED) is 0.902. The lowest BCUT2D eigenvalue weighted by molar-refractivity contribution is 0.0701. The second kappa shape index (κ2) is 5.30. The summed E-state index contributed by atoms with van der Waals surface area (Å²) >= 11 is 1.22. The molecule has 0 atom stereocenters. The van der Waals surface area contributed by atoms with Crippen LogP contribution in [0.15, 0.2) is 12.5 Å². The van der Waals surface area contributed by atoms with Gasteiger partial charge in [0.15, 0.2) is 0 Å². The molecule has 6 heteroatoms. The van der Waals surface area contributed by atoms with E-state index < -0.39 is 5.97 Å². The van der Waals surface area contributed by atoms with Gasteiger partial charge in [0.1, 0.15) is 9.88 Å². The number of aromatic nitrogens is 3. The predicted octanol–water partition coefficient (Wildman–Crippen LogP) is 2.68. The van der Waals surface area contributed by atoms with Crippen molar-refractivity contribution in [3.63, 3.8) is 0 Å². The maximum absolute atomic E-state index is 11.1. The molecular weight excluding hydrogens is 250 g/mol. The summed E-state index contributed by atoms with van der Waals surface area (Å²) in [5, 5.41) is 9.86. The molecule has 0 bridgehead atoms. The zero-order valence-electron chi connectivity index (χ0n) is 10.4. The van der Waals surface area contributed by atoms with E-state index >= 15 is 0 Å². The van der Waals surface area contributed by atoms with Gasteiger partial charge in [0.05, 0.1) is 23.9 Å². The summed E-state index contributed by atoms with van der Waals surface area (Å²) in [6.45, 7) is 4.86. The highest BCUT2D eigenvalue weighted by molar-refractivity contribution is 7.17. The normalized spacial score (nSPS) is 10.8. The summed E-state index contributed by atoms with van der Waals surface area (Å²) in [5.41, 5.74) is 1.54. The van der Waals surface area contributed by atoms with E-state index in [1.54, 1.807) is 12.5 Å². The van der Waals surface area contributed by atoms with Crippen molar-refractivity contribution in [1.29, 1.82) is 0 Å². The third-order valence-electron chi connectivity index (χ3n) is 2.62. The van der Waals surface area contributed by atoms with Crippen LogP contribution in [0.2, 0.25) is 0 Å². The number of rotatable bonds is 5. The molecule has 0 fully saturated rings. The Morgan fingerprint density at radius 1 is 1.50 bits per heavy atom. The van der Waals surface area contributed by atoms with Crippen molar-refractivity contribution < 1.29 is 9.90 Å².